The lowest BCUT2D eigenvalue weighted by Crippen LogP contribution is -2.49. The van der Waals surface area contributed by atoms with Gasteiger partial charge in [-0.3, -0.25) is 43.7 Å². The number of carboxylic acid groups (broad SMARTS) is 4. The molecule has 1 aliphatic heterocycles. The van der Waals surface area contributed by atoms with Gasteiger partial charge in [0, 0.05) is 65.4 Å². The monoisotopic (exact) mass is 489 g/mol. The van der Waals surface area contributed by atoms with Crippen LogP contribution >= 0.6 is 0 Å². The van der Waals surface area contributed by atoms with Crippen molar-refractivity contribution < 1.29 is 39.6 Å². The van der Waals surface area contributed by atoms with Crippen molar-refractivity contribution in [3.63, 3.8) is 0 Å². The third kappa shape index (κ3) is 14.1. The molecule has 0 aromatic heterocycles. The molecule has 0 aromatic rings. The zero-order valence-electron chi connectivity index (χ0n) is 20.0. The Balaban J connectivity index is 2.94. The first kappa shape index (κ1) is 29.7. The highest BCUT2D eigenvalue weighted by Crippen LogP contribution is 2.02. The standard InChI is InChI=1S/C21H39N5O8/c1-2-3-23(14-18(27)28)7-4-22-5-8-24(15-19(29)30)10-12-26(17-21(33)34)13-11-25(9-6-22)16-20(31)32/h2-17H2,1H3,(H,27,28)(H,29,30)(H,31,32)(H,33,34). The van der Waals surface area contributed by atoms with Crippen LogP contribution < -0.4 is 0 Å². The van der Waals surface area contributed by atoms with Crippen LogP contribution in [-0.4, -0.2) is 167 Å². The van der Waals surface area contributed by atoms with E-state index < -0.39 is 23.9 Å². The van der Waals surface area contributed by atoms with Gasteiger partial charge in [0.15, 0.2) is 0 Å². The number of nitrogens with zero attached hydrogens (tertiary/aromatic N) is 5. The van der Waals surface area contributed by atoms with Crippen LogP contribution in [0.2, 0.25) is 0 Å². The van der Waals surface area contributed by atoms with Gasteiger partial charge in [-0.2, -0.15) is 0 Å². The van der Waals surface area contributed by atoms with E-state index in [-0.39, 0.29) is 26.2 Å². The second-order valence-electron chi connectivity index (χ2n) is 8.52. The zero-order chi connectivity index (χ0) is 25.5. The predicted octanol–water partition coefficient (Wildman–Crippen LogP) is -1.74. The van der Waals surface area contributed by atoms with Gasteiger partial charge < -0.3 is 20.4 Å². The summed E-state index contributed by atoms with van der Waals surface area (Å²) >= 11 is 0. The molecule has 13 nitrogen and oxygen atoms in total. The number of hydrogen-bond donors (Lipinski definition) is 4. The van der Waals surface area contributed by atoms with Crippen LogP contribution in [-0.2, 0) is 19.2 Å². The van der Waals surface area contributed by atoms with Gasteiger partial charge >= 0.3 is 23.9 Å². The molecule has 1 saturated heterocycles. The minimum absolute atomic E-state index is 0.0582. The highest BCUT2D eigenvalue weighted by atomic mass is 16.4. The molecular weight excluding hydrogens is 450 g/mol. The molecule has 0 spiro atoms. The zero-order valence-corrected chi connectivity index (χ0v) is 20.0. The van der Waals surface area contributed by atoms with E-state index in [0.29, 0.717) is 72.0 Å². The number of carboxylic acids is 4. The Hall–Kier alpha value is -2.32. The van der Waals surface area contributed by atoms with Gasteiger partial charge in [-0.1, -0.05) is 6.92 Å². The first-order valence-corrected chi connectivity index (χ1v) is 11.6. The van der Waals surface area contributed by atoms with Crippen molar-refractivity contribution in [1.82, 2.24) is 24.5 Å². The van der Waals surface area contributed by atoms with Crippen molar-refractivity contribution in [3.8, 4) is 0 Å². The normalized spacial score (nSPS) is 18.3. The van der Waals surface area contributed by atoms with Crippen LogP contribution in [0.25, 0.3) is 0 Å². The maximum absolute atomic E-state index is 11.3. The van der Waals surface area contributed by atoms with Crippen molar-refractivity contribution in [2.75, 3.05) is 98.2 Å². The Morgan fingerprint density at radius 2 is 0.941 bits per heavy atom. The third-order valence-corrected chi connectivity index (χ3v) is 5.64. The van der Waals surface area contributed by atoms with Crippen LogP contribution in [0.15, 0.2) is 0 Å². The Morgan fingerprint density at radius 1 is 0.588 bits per heavy atom. The highest BCUT2D eigenvalue weighted by molar-refractivity contribution is 5.70. The molecule has 0 bridgehead atoms. The van der Waals surface area contributed by atoms with Crippen molar-refractivity contribution in [2.24, 2.45) is 0 Å². The molecule has 0 aliphatic carbocycles. The summed E-state index contributed by atoms with van der Waals surface area (Å²) in [5, 5.41) is 36.9. The van der Waals surface area contributed by atoms with Gasteiger partial charge in [-0.25, -0.2) is 0 Å². The van der Waals surface area contributed by atoms with Crippen molar-refractivity contribution in [3.05, 3.63) is 0 Å². The Labute approximate surface area is 200 Å². The Bertz CT molecular complexity index is 633. The second kappa shape index (κ2) is 16.3. The first-order chi connectivity index (χ1) is 16.1. The fraction of sp³-hybridized carbons (Fsp3) is 0.810. The van der Waals surface area contributed by atoms with Gasteiger partial charge in [0.05, 0.1) is 26.2 Å². The molecule has 0 aromatic carbocycles. The minimum atomic E-state index is -0.995. The summed E-state index contributed by atoms with van der Waals surface area (Å²) in [6.07, 6.45) is 0.818. The lowest BCUT2D eigenvalue weighted by molar-refractivity contribution is -0.140. The fourth-order valence-electron chi connectivity index (χ4n) is 3.91. The molecule has 1 heterocycles. The lowest BCUT2D eigenvalue weighted by Gasteiger charge is -2.33. The third-order valence-electron chi connectivity index (χ3n) is 5.64. The largest absolute Gasteiger partial charge is 0.480 e. The van der Waals surface area contributed by atoms with Crippen molar-refractivity contribution >= 4 is 23.9 Å². The van der Waals surface area contributed by atoms with Crippen LogP contribution in [0, 0.1) is 0 Å². The maximum atomic E-state index is 11.3. The van der Waals surface area contributed by atoms with Crippen LogP contribution in [0.1, 0.15) is 13.3 Å². The Kier molecular flexibility index (Phi) is 14.3. The molecule has 1 fully saturated rings. The molecule has 1 aliphatic rings. The van der Waals surface area contributed by atoms with Crippen molar-refractivity contribution in [2.45, 2.75) is 13.3 Å². The van der Waals surface area contributed by atoms with Crippen LogP contribution in [0.4, 0.5) is 0 Å². The van der Waals surface area contributed by atoms with E-state index in [4.69, 9.17) is 5.11 Å². The van der Waals surface area contributed by atoms with Crippen LogP contribution in [0.5, 0.6) is 0 Å². The summed E-state index contributed by atoms with van der Waals surface area (Å²) < 4.78 is 0. The number of rotatable bonds is 13. The molecule has 34 heavy (non-hydrogen) atoms. The summed E-state index contributed by atoms with van der Waals surface area (Å²) in [6.45, 7) is 6.52. The molecule has 196 valence electrons. The highest BCUT2D eigenvalue weighted by Gasteiger charge is 2.20. The van der Waals surface area contributed by atoms with E-state index in [0.717, 1.165) is 6.42 Å². The average Bonchev–Trinajstić information content (AvgIpc) is 2.71. The summed E-state index contributed by atoms with van der Waals surface area (Å²) in [5.41, 5.74) is 0. The summed E-state index contributed by atoms with van der Waals surface area (Å²) in [6, 6.07) is 0. The molecular formula is C21H39N5O8. The first-order valence-electron chi connectivity index (χ1n) is 11.6. The summed E-state index contributed by atoms with van der Waals surface area (Å²) in [4.78, 5) is 54.2. The number of carbonyl (C=O) groups is 4. The lowest BCUT2D eigenvalue weighted by atomic mass is 10.3. The number of aliphatic carboxylic acids is 4. The molecule has 13 heteroatoms. The summed E-state index contributed by atoms with van der Waals surface area (Å²) in [5.74, 6) is -3.82. The SMILES string of the molecule is CCCN(CCN1CCN(CC(=O)O)CCN(CC(=O)O)CCN(CC(=O)O)CC1)CC(=O)O. The quantitative estimate of drug-likeness (QED) is 0.230. The van der Waals surface area contributed by atoms with Gasteiger partial charge in [0.2, 0.25) is 0 Å². The van der Waals surface area contributed by atoms with Gasteiger partial charge in [0.1, 0.15) is 0 Å². The van der Waals surface area contributed by atoms with E-state index in [1.165, 1.54) is 0 Å². The van der Waals surface area contributed by atoms with Gasteiger partial charge in [0.25, 0.3) is 0 Å². The van der Waals surface area contributed by atoms with Gasteiger partial charge in [-0.15, -0.1) is 0 Å². The summed E-state index contributed by atoms with van der Waals surface area (Å²) in [7, 11) is 0. The molecule has 1 rings (SSSR count). The van der Waals surface area contributed by atoms with E-state index in [1.54, 1.807) is 14.7 Å². The molecule has 0 radical (unpaired) electrons. The van der Waals surface area contributed by atoms with Gasteiger partial charge in [-0.05, 0) is 13.0 Å². The van der Waals surface area contributed by atoms with Crippen molar-refractivity contribution in [1.29, 1.82) is 0 Å². The van der Waals surface area contributed by atoms with E-state index >= 15 is 0 Å². The smallest absolute Gasteiger partial charge is 0.317 e. The second-order valence-corrected chi connectivity index (χ2v) is 8.52. The van der Waals surface area contributed by atoms with E-state index in [2.05, 4.69) is 4.90 Å². The predicted molar refractivity (Wildman–Crippen MR) is 123 cm³/mol. The Morgan fingerprint density at radius 3 is 1.24 bits per heavy atom. The molecule has 0 atom stereocenters. The van der Waals surface area contributed by atoms with E-state index in [9.17, 15) is 34.5 Å². The number of hydrogen-bond acceptors (Lipinski definition) is 9. The molecule has 0 unspecified atom stereocenters. The van der Waals surface area contributed by atoms with E-state index in [1.807, 2.05) is 11.8 Å². The van der Waals surface area contributed by atoms with Crippen LogP contribution in [0.3, 0.4) is 0 Å². The minimum Gasteiger partial charge on any atom is -0.480 e. The maximum Gasteiger partial charge on any atom is 0.317 e. The molecule has 0 saturated carbocycles. The molecule has 0 amide bonds. The molecule has 4 N–H and O–H groups in total. The fourth-order valence-corrected chi connectivity index (χ4v) is 3.91. The topological polar surface area (TPSA) is 165 Å². The average molecular weight is 490 g/mol.